The van der Waals surface area contributed by atoms with Crippen molar-refractivity contribution in [2.45, 2.75) is 38.3 Å². The monoisotopic (exact) mass is 435 g/mol. The molecule has 0 unspecified atom stereocenters. The number of pyridine rings is 1. The second-order valence-electron chi connectivity index (χ2n) is 9.22. The molecule has 1 aliphatic rings. The van der Waals surface area contributed by atoms with Gasteiger partial charge in [-0.15, -0.1) is 0 Å². The van der Waals surface area contributed by atoms with Gasteiger partial charge in [-0.25, -0.2) is 9.97 Å². The summed E-state index contributed by atoms with van der Waals surface area (Å²) in [5.41, 5.74) is 14.8. The number of benzene rings is 2. The lowest BCUT2D eigenvalue weighted by molar-refractivity contribution is 0.0209. The SMILES string of the molecule is Cc1cc2ncc3cc(-c4ccccc4C)c(-c4ccc([C@]5(N)C[C@H](O)C5)cc4)nc3n2n1. The van der Waals surface area contributed by atoms with Gasteiger partial charge in [0.05, 0.1) is 17.5 Å². The second kappa shape index (κ2) is 7.20. The van der Waals surface area contributed by atoms with E-state index in [9.17, 15) is 5.11 Å². The summed E-state index contributed by atoms with van der Waals surface area (Å²) in [6, 6.07) is 20.8. The van der Waals surface area contributed by atoms with Gasteiger partial charge in [0.1, 0.15) is 0 Å². The lowest BCUT2D eigenvalue weighted by Crippen LogP contribution is -2.51. The van der Waals surface area contributed by atoms with Crippen molar-refractivity contribution in [1.82, 2.24) is 19.6 Å². The zero-order chi connectivity index (χ0) is 22.7. The minimum atomic E-state index is -0.446. The molecular weight excluding hydrogens is 410 g/mol. The van der Waals surface area contributed by atoms with E-state index in [-0.39, 0.29) is 6.10 Å². The molecule has 6 heteroatoms. The third kappa shape index (κ3) is 3.22. The molecule has 3 aromatic heterocycles. The highest BCUT2D eigenvalue weighted by molar-refractivity contribution is 5.91. The van der Waals surface area contributed by atoms with E-state index in [1.54, 1.807) is 0 Å². The number of aliphatic hydroxyl groups is 1. The van der Waals surface area contributed by atoms with Crippen LogP contribution in [0.5, 0.6) is 0 Å². The van der Waals surface area contributed by atoms with E-state index in [4.69, 9.17) is 10.7 Å². The lowest BCUT2D eigenvalue weighted by atomic mass is 9.70. The van der Waals surface area contributed by atoms with Crippen molar-refractivity contribution in [2.24, 2.45) is 5.73 Å². The number of hydrogen-bond acceptors (Lipinski definition) is 5. The van der Waals surface area contributed by atoms with Crippen LogP contribution in [0, 0.1) is 13.8 Å². The molecule has 2 aromatic carbocycles. The Kier molecular flexibility index (Phi) is 4.37. The van der Waals surface area contributed by atoms with Crippen LogP contribution in [0.1, 0.15) is 29.7 Å². The standard InChI is InChI=1S/C27H25N5O/c1-16-5-3-4-6-22(16)23-12-19-15-29-24-11-17(2)31-32(24)26(19)30-25(23)18-7-9-20(10-8-18)27(28)13-21(33)14-27/h3-12,15,21,33H,13-14,28H2,1-2H3/t21-,27-. The van der Waals surface area contributed by atoms with Gasteiger partial charge in [0.2, 0.25) is 0 Å². The first kappa shape index (κ1) is 20.0. The Bertz CT molecular complexity index is 1510. The largest absolute Gasteiger partial charge is 0.393 e. The van der Waals surface area contributed by atoms with Gasteiger partial charge in [-0.1, -0.05) is 48.5 Å². The van der Waals surface area contributed by atoms with Gasteiger partial charge in [0.15, 0.2) is 11.3 Å². The molecule has 3 heterocycles. The zero-order valence-corrected chi connectivity index (χ0v) is 18.7. The van der Waals surface area contributed by atoms with Gasteiger partial charge in [0, 0.05) is 34.3 Å². The van der Waals surface area contributed by atoms with E-state index in [0.717, 1.165) is 50.3 Å². The van der Waals surface area contributed by atoms with Crippen molar-refractivity contribution in [1.29, 1.82) is 0 Å². The number of aryl methyl sites for hydroxylation is 2. The van der Waals surface area contributed by atoms with Crippen LogP contribution in [-0.2, 0) is 5.54 Å². The molecule has 0 atom stereocenters. The Morgan fingerprint density at radius 2 is 1.76 bits per heavy atom. The molecule has 1 fully saturated rings. The normalized spacial score (nSPS) is 20.3. The number of hydrogen-bond donors (Lipinski definition) is 2. The maximum atomic E-state index is 9.75. The number of nitrogens with zero attached hydrogens (tertiary/aromatic N) is 4. The molecule has 0 bridgehead atoms. The highest BCUT2D eigenvalue weighted by Gasteiger charge is 2.41. The minimum Gasteiger partial charge on any atom is -0.393 e. The molecule has 0 amide bonds. The summed E-state index contributed by atoms with van der Waals surface area (Å²) in [6.07, 6.45) is 2.75. The van der Waals surface area contributed by atoms with Crippen molar-refractivity contribution in [3.05, 3.63) is 83.7 Å². The summed E-state index contributed by atoms with van der Waals surface area (Å²) in [5.74, 6) is 0. The maximum Gasteiger partial charge on any atom is 0.165 e. The highest BCUT2D eigenvalue weighted by atomic mass is 16.3. The van der Waals surface area contributed by atoms with Crippen LogP contribution in [0.15, 0.2) is 66.9 Å². The molecule has 6 nitrogen and oxygen atoms in total. The van der Waals surface area contributed by atoms with E-state index in [1.807, 2.05) is 29.8 Å². The second-order valence-corrected chi connectivity index (χ2v) is 9.22. The van der Waals surface area contributed by atoms with Crippen molar-refractivity contribution >= 4 is 16.7 Å². The van der Waals surface area contributed by atoms with Gasteiger partial charge in [0.25, 0.3) is 0 Å². The average molecular weight is 436 g/mol. The third-order valence-corrected chi connectivity index (χ3v) is 6.75. The van der Waals surface area contributed by atoms with Gasteiger partial charge >= 0.3 is 0 Å². The third-order valence-electron chi connectivity index (χ3n) is 6.75. The van der Waals surface area contributed by atoms with Gasteiger partial charge < -0.3 is 10.8 Å². The van der Waals surface area contributed by atoms with E-state index in [2.05, 4.69) is 65.5 Å². The molecule has 3 N–H and O–H groups in total. The summed E-state index contributed by atoms with van der Waals surface area (Å²) in [5, 5.41) is 15.3. The van der Waals surface area contributed by atoms with Crippen LogP contribution in [0.3, 0.4) is 0 Å². The van der Waals surface area contributed by atoms with Gasteiger partial charge in [-0.3, -0.25) is 0 Å². The molecule has 164 valence electrons. The minimum absolute atomic E-state index is 0.307. The van der Waals surface area contributed by atoms with Crippen molar-refractivity contribution in [3.8, 4) is 22.4 Å². The van der Waals surface area contributed by atoms with Crippen LogP contribution in [0.2, 0.25) is 0 Å². The van der Waals surface area contributed by atoms with E-state index >= 15 is 0 Å². The molecule has 0 spiro atoms. The first-order chi connectivity index (χ1) is 15.9. The van der Waals surface area contributed by atoms with Crippen molar-refractivity contribution in [3.63, 3.8) is 0 Å². The molecule has 1 saturated carbocycles. The summed E-state index contributed by atoms with van der Waals surface area (Å²) >= 11 is 0. The molecule has 1 aliphatic carbocycles. The predicted octanol–water partition coefficient (Wildman–Crippen LogP) is 4.54. The summed E-state index contributed by atoms with van der Waals surface area (Å²) in [7, 11) is 0. The lowest BCUT2D eigenvalue weighted by Gasteiger charge is -2.42. The zero-order valence-electron chi connectivity index (χ0n) is 18.7. The van der Waals surface area contributed by atoms with Crippen LogP contribution in [-0.4, -0.2) is 30.8 Å². The molecule has 6 rings (SSSR count). The quantitative estimate of drug-likeness (QED) is 0.434. The Labute approximate surface area is 191 Å². The van der Waals surface area contributed by atoms with E-state index in [0.29, 0.717) is 12.8 Å². The Morgan fingerprint density at radius 1 is 1.00 bits per heavy atom. The molecule has 33 heavy (non-hydrogen) atoms. The van der Waals surface area contributed by atoms with Gasteiger partial charge in [-0.05, 0) is 49.4 Å². The fraction of sp³-hybridized carbons (Fsp3) is 0.222. The van der Waals surface area contributed by atoms with E-state index in [1.165, 1.54) is 5.56 Å². The molecule has 0 aliphatic heterocycles. The molecule has 0 saturated heterocycles. The van der Waals surface area contributed by atoms with E-state index < -0.39 is 5.54 Å². The van der Waals surface area contributed by atoms with Crippen molar-refractivity contribution < 1.29 is 5.11 Å². The summed E-state index contributed by atoms with van der Waals surface area (Å²) < 4.78 is 1.81. The van der Waals surface area contributed by atoms with Crippen molar-refractivity contribution in [2.75, 3.05) is 0 Å². The Morgan fingerprint density at radius 3 is 2.48 bits per heavy atom. The summed E-state index contributed by atoms with van der Waals surface area (Å²) in [6.45, 7) is 4.08. The number of fused-ring (bicyclic) bond motifs is 3. The molecule has 0 radical (unpaired) electrons. The number of aliphatic hydroxyl groups excluding tert-OH is 1. The number of rotatable bonds is 3. The topological polar surface area (TPSA) is 89.3 Å². The summed E-state index contributed by atoms with van der Waals surface area (Å²) in [4.78, 5) is 9.71. The first-order valence-corrected chi connectivity index (χ1v) is 11.2. The predicted molar refractivity (Wildman–Crippen MR) is 130 cm³/mol. The van der Waals surface area contributed by atoms with Crippen LogP contribution < -0.4 is 5.73 Å². The van der Waals surface area contributed by atoms with Gasteiger partial charge in [-0.2, -0.15) is 9.61 Å². The average Bonchev–Trinajstić information content (AvgIpc) is 3.18. The number of nitrogens with two attached hydrogens (primary N) is 1. The fourth-order valence-electron chi connectivity index (χ4n) is 4.93. The van der Waals surface area contributed by atoms with Crippen LogP contribution >= 0.6 is 0 Å². The first-order valence-electron chi connectivity index (χ1n) is 11.2. The molecular formula is C27H25N5O. The molecule has 5 aromatic rings. The van der Waals surface area contributed by atoms with Crippen LogP contribution in [0.25, 0.3) is 39.1 Å². The maximum absolute atomic E-state index is 9.75. The Balaban J connectivity index is 1.57. The fourth-order valence-corrected chi connectivity index (χ4v) is 4.93. The number of aromatic nitrogens is 4. The smallest absolute Gasteiger partial charge is 0.165 e. The van der Waals surface area contributed by atoms with Crippen LogP contribution in [0.4, 0.5) is 0 Å². The highest BCUT2D eigenvalue weighted by Crippen LogP contribution is 2.40. The Hall–Kier alpha value is -3.61.